The number of thiazole rings is 1. The molecule has 7 heteroatoms. The van der Waals surface area contributed by atoms with Gasteiger partial charge in [-0.1, -0.05) is 30.4 Å². The van der Waals surface area contributed by atoms with Crippen LogP contribution in [0.2, 0.25) is 0 Å². The van der Waals surface area contributed by atoms with E-state index >= 15 is 0 Å². The zero-order chi connectivity index (χ0) is 17.2. The zero-order valence-electron chi connectivity index (χ0n) is 14.3. The van der Waals surface area contributed by atoms with Crippen LogP contribution in [-0.4, -0.2) is 44.3 Å². The highest BCUT2D eigenvalue weighted by molar-refractivity contribution is 7.17. The first kappa shape index (κ1) is 16.4. The SMILES string of the molecule is CCCOc1ccc(C(c2sc3ncnn3c2O)N2CCCC2)cc1. The Labute approximate surface area is 150 Å². The molecule has 1 saturated heterocycles. The van der Waals surface area contributed by atoms with Gasteiger partial charge in [-0.25, -0.2) is 4.98 Å². The fourth-order valence-electron chi connectivity index (χ4n) is 3.37. The molecule has 1 N–H and O–H groups in total. The molecule has 1 aromatic carbocycles. The van der Waals surface area contributed by atoms with Gasteiger partial charge in [-0.2, -0.15) is 9.61 Å². The quantitative estimate of drug-likeness (QED) is 0.731. The second-order valence-corrected chi connectivity index (χ2v) is 7.32. The summed E-state index contributed by atoms with van der Waals surface area (Å²) in [5.74, 6) is 1.08. The lowest BCUT2D eigenvalue weighted by Gasteiger charge is -2.27. The van der Waals surface area contributed by atoms with Crippen molar-refractivity contribution in [1.29, 1.82) is 0 Å². The highest BCUT2D eigenvalue weighted by Crippen LogP contribution is 2.41. The van der Waals surface area contributed by atoms with E-state index in [-0.39, 0.29) is 11.9 Å². The molecule has 0 saturated carbocycles. The van der Waals surface area contributed by atoms with Gasteiger partial charge in [0.15, 0.2) is 0 Å². The molecule has 1 unspecified atom stereocenters. The van der Waals surface area contributed by atoms with E-state index in [1.165, 1.54) is 35.0 Å². The highest BCUT2D eigenvalue weighted by atomic mass is 32.1. The molecule has 1 aliphatic rings. The third-order valence-corrected chi connectivity index (χ3v) is 5.65. The highest BCUT2D eigenvalue weighted by Gasteiger charge is 2.30. The second-order valence-electron chi connectivity index (χ2n) is 6.31. The lowest BCUT2D eigenvalue weighted by atomic mass is 10.0. The maximum absolute atomic E-state index is 10.7. The first-order chi connectivity index (χ1) is 12.3. The standard InChI is InChI=1S/C18H22N4O2S/c1-2-11-24-14-7-5-13(6-8-14)15(21-9-3-4-10-21)16-17(23)22-18(25-16)19-12-20-22/h5-8,12,15,23H,2-4,9-11H2,1H3. The minimum absolute atomic E-state index is 0.0243. The van der Waals surface area contributed by atoms with Crippen molar-refractivity contribution < 1.29 is 9.84 Å². The summed E-state index contributed by atoms with van der Waals surface area (Å²) in [7, 11) is 0. The average Bonchev–Trinajstić information content (AvgIpc) is 3.36. The number of rotatable bonds is 6. The number of ether oxygens (including phenoxy) is 1. The van der Waals surface area contributed by atoms with Crippen LogP contribution >= 0.6 is 11.3 Å². The van der Waals surface area contributed by atoms with Crippen molar-refractivity contribution in [3.63, 3.8) is 0 Å². The van der Waals surface area contributed by atoms with E-state index < -0.39 is 0 Å². The van der Waals surface area contributed by atoms with Crippen LogP contribution in [0, 0.1) is 0 Å². The predicted molar refractivity (Wildman–Crippen MR) is 97.4 cm³/mol. The Bertz CT molecular complexity index is 837. The van der Waals surface area contributed by atoms with Gasteiger partial charge in [0.25, 0.3) is 0 Å². The monoisotopic (exact) mass is 358 g/mol. The Hall–Kier alpha value is -2.12. The van der Waals surface area contributed by atoms with E-state index in [0.717, 1.165) is 47.3 Å². The molecule has 2 aromatic heterocycles. The number of hydrogen-bond acceptors (Lipinski definition) is 6. The number of likely N-dealkylation sites (tertiary alicyclic amines) is 1. The summed E-state index contributed by atoms with van der Waals surface area (Å²) >= 11 is 1.50. The molecular formula is C18H22N4O2S. The molecule has 6 nitrogen and oxygen atoms in total. The van der Waals surface area contributed by atoms with Crippen molar-refractivity contribution in [3.8, 4) is 11.6 Å². The third-order valence-electron chi connectivity index (χ3n) is 4.56. The second kappa shape index (κ2) is 7.01. The van der Waals surface area contributed by atoms with Crippen LogP contribution < -0.4 is 4.74 Å². The summed E-state index contributed by atoms with van der Waals surface area (Å²) in [5, 5.41) is 14.8. The molecule has 3 heterocycles. The number of benzene rings is 1. The van der Waals surface area contributed by atoms with Crippen molar-refractivity contribution in [2.45, 2.75) is 32.2 Å². The summed E-state index contributed by atoms with van der Waals surface area (Å²) in [6, 6.07) is 8.26. The number of fused-ring (bicyclic) bond motifs is 1. The minimum atomic E-state index is 0.0243. The summed E-state index contributed by atoms with van der Waals surface area (Å²) in [6.45, 7) is 4.89. The molecule has 132 valence electrons. The minimum Gasteiger partial charge on any atom is -0.494 e. The van der Waals surface area contributed by atoms with E-state index in [0.29, 0.717) is 0 Å². The first-order valence-corrected chi connectivity index (χ1v) is 9.57. The third kappa shape index (κ3) is 3.09. The molecule has 0 bridgehead atoms. The van der Waals surface area contributed by atoms with E-state index in [1.54, 1.807) is 0 Å². The summed E-state index contributed by atoms with van der Waals surface area (Å²) in [6.07, 6.45) is 4.85. The zero-order valence-corrected chi connectivity index (χ0v) is 15.1. The molecule has 0 spiro atoms. The lowest BCUT2D eigenvalue weighted by molar-refractivity contribution is 0.276. The Morgan fingerprint density at radius 1 is 1.24 bits per heavy atom. The fourth-order valence-corrected chi connectivity index (χ4v) is 4.46. The number of aromatic hydroxyl groups is 1. The van der Waals surface area contributed by atoms with Gasteiger partial charge in [-0.3, -0.25) is 4.90 Å². The van der Waals surface area contributed by atoms with Crippen molar-refractivity contribution in [3.05, 3.63) is 41.0 Å². The summed E-state index contributed by atoms with van der Waals surface area (Å²) in [5.41, 5.74) is 1.16. The van der Waals surface area contributed by atoms with Crippen molar-refractivity contribution >= 4 is 16.3 Å². The van der Waals surface area contributed by atoms with Gasteiger partial charge in [0.05, 0.1) is 17.5 Å². The Morgan fingerprint density at radius 2 is 2.00 bits per heavy atom. The van der Waals surface area contributed by atoms with Crippen LogP contribution in [0.4, 0.5) is 0 Å². The van der Waals surface area contributed by atoms with Gasteiger partial charge < -0.3 is 9.84 Å². The number of aromatic nitrogens is 3. The molecule has 0 radical (unpaired) electrons. The Balaban J connectivity index is 1.71. The largest absolute Gasteiger partial charge is 0.494 e. The lowest BCUT2D eigenvalue weighted by Crippen LogP contribution is -2.26. The number of nitrogens with zero attached hydrogens (tertiary/aromatic N) is 4. The van der Waals surface area contributed by atoms with Crippen LogP contribution in [0.1, 0.15) is 42.7 Å². The van der Waals surface area contributed by atoms with Crippen LogP contribution in [0.3, 0.4) is 0 Å². The smallest absolute Gasteiger partial charge is 0.230 e. The molecule has 0 aliphatic carbocycles. The van der Waals surface area contributed by atoms with E-state index in [1.807, 2.05) is 12.1 Å². The van der Waals surface area contributed by atoms with Crippen LogP contribution in [0.5, 0.6) is 11.6 Å². The Kier molecular flexibility index (Phi) is 4.59. The molecule has 1 atom stereocenters. The molecule has 3 aromatic rings. The summed E-state index contributed by atoms with van der Waals surface area (Å²) < 4.78 is 7.21. The van der Waals surface area contributed by atoms with Gasteiger partial charge in [-0.05, 0) is 50.0 Å². The molecule has 1 aliphatic heterocycles. The van der Waals surface area contributed by atoms with Gasteiger partial charge in [-0.15, -0.1) is 0 Å². The van der Waals surface area contributed by atoms with Crippen molar-refractivity contribution in [1.82, 2.24) is 19.5 Å². The van der Waals surface area contributed by atoms with Crippen LogP contribution in [-0.2, 0) is 0 Å². The van der Waals surface area contributed by atoms with E-state index in [2.05, 4.69) is 34.0 Å². The molecule has 1 fully saturated rings. The fraction of sp³-hybridized carbons (Fsp3) is 0.444. The normalized spacial score (nSPS) is 16.5. The maximum atomic E-state index is 10.7. The Morgan fingerprint density at radius 3 is 2.68 bits per heavy atom. The summed E-state index contributed by atoms with van der Waals surface area (Å²) in [4.78, 5) is 8.27. The van der Waals surface area contributed by atoms with Gasteiger partial charge in [0, 0.05) is 0 Å². The predicted octanol–water partition coefficient (Wildman–Crippen LogP) is 3.47. The maximum Gasteiger partial charge on any atom is 0.230 e. The van der Waals surface area contributed by atoms with Gasteiger partial charge in [0.2, 0.25) is 10.8 Å². The molecule has 25 heavy (non-hydrogen) atoms. The van der Waals surface area contributed by atoms with Crippen LogP contribution in [0.25, 0.3) is 4.96 Å². The first-order valence-electron chi connectivity index (χ1n) is 8.76. The topological polar surface area (TPSA) is 62.9 Å². The molecule has 0 amide bonds. The molecular weight excluding hydrogens is 336 g/mol. The van der Waals surface area contributed by atoms with E-state index in [9.17, 15) is 5.11 Å². The van der Waals surface area contributed by atoms with Gasteiger partial charge in [0.1, 0.15) is 12.1 Å². The van der Waals surface area contributed by atoms with Crippen molar-refractivity contribution in [2.24, 2.45) is 0 Å². The van der Waals surface area contributed by atoms with Crippen LogP contribution in [0.15, 0.2) is 30.6 Å². The average molecular weight is 358 g/mol. The van der Waals surface area contributed by atoms with Gasteiger partial charge >= 0.3 is 0 Å². The molecule has 4 rings (SSSR count). The van der Waals surface area contributed by atoms with E-state index in [4.69, 9.17) is 4.74 Å². The number of hydrogen-bond donors (Lipinski definition) is 1. The van der Waals surface area contributed by atoms with Crippen molar-refractivity contribution in [2.75, 3.05) is 19.7 Å².